The van der Waals surface area contributed by atoms with Gasteiger partial charge in [0.2, 0.25) is 0 Å². The standard InChI is InChI=1S/C19H38N4O/c1-5-20-19(23-10-8-17(15-23)13-16(2)3)21-14-18-7-6-9-22(18)11-12-24-4/h16-18H,5-15H2,1-4H3,(H,20,21). The molecule has 0 aliphatic carbocycles. The van der Waals surface area contributed by atoms with Crippen LogP contribution in [0.1, 0.15) is 46.5 Å². The van der Waals surface area contributed by atoms with Gasteiger partial charge in [0, 0.05) is 39.3 Å². The van der Waals surface area contributed by atoms with Crippen molar-refractivity contribution in [3.63, 3.8) is 0 Å². The fourth-order valence-corrected chi connectivity index (χ4v) is 4.11. The summed E-state index contributed by atoms with van der Waals surface area (Å²) in [5.41, 5.74) is 0. The molecule has 5 heteroatoms. The van der Waals surface area contributed by atoms with Crippen LogP contribution >= 0.6 is 0 Å². The van der Waals surface area contributed by atoms with Crippen LogP contribution in [0.2, 0.25) is 0 Å². The van der Waals surface area contributed by atoms with Crippen LogP contribution in [0.3, 0.4) is 0 Å². The molecule has 2 aliphatic rings. The molecule has 140 valence electrons. The maximum absolute atomic E-state index is 5.24. The summed E-state index contributed by atoms with van der Waals surface area (Å²) < 4.78 is 5.24. The van der Waals surface area contributed by atoms with Crippen molar-refractivity contribution in [2.75, 3.05) is 53.0 Å². The number of nitrogens with zero attached hydrogens (tertiary/aromatic N) is 3. The van der Waals surface area contributed by atoms with Gasteiger partial charge in [0.25, 0.3) is 0 Å². The summed E-state index contributed by atoms with van der Waals surface area (Å²) in [6.45, 7) is 14.1. The third-order valence-corrected chi connectivity index (χ3v) is 5.26. The molecule has 5 nitrogen and oxygen atoms in total. The quantitative estimate of drug-likeness (QED) is 0.545. The number of aliphatic imine (C=N–C) groups is 1. The Labute approximate surface area is 148 Å². The first kappa shape index (κ1) is 19.5. The van der Waals surface area contributed by atoms with Gasteiger partial charge in [0.1, 0.15) is 0 Å². The van der Waals surface area contributed by atoms with E-state index >= 15 is 0 Å². The van der Waals surface area contributed by atoms with Crippen LogP contribution in [0.5, 0.6) is 0 Å². The van der Waals surface area contributed by atoms with E-state index in [0.29, 0.717) is 6.04 Å². The fourth-order valence-electron chi connectivity index (χ4n) is 4.11. The molecule has 2 aliphatic heterocycles. The van der Waals surface area contributed by atoms with Gasteiger partial charge >= 0.3 is 0 Å². The molecule has 0 radical (unpaired) electrons. The van der Waals surface area contributed by atoms with Crippen LogP contribution in [-0.4, -0.2) is 74.8 Å². The molecule has 0 spiro atoms. The average Bonchev–Trinajstić information content (AvgIpc) is 3.18. The van der Waals surface area contributed by atoms with E-state index in [0.717, 1.165) is 50.6 Å². The Kier molecular flexibility index (Phi) is 8.33. The summed E-state index contributed by atoms with van der Waals surface area (Å²) in [5.74, 6) is 2.75. The minimum absolute atomic E-state index is 0.586. The van der Waals surface area contributed by atoms with Crippen molar-refractivity contribution in [1.82, 2.24) is 15.1 Å². The first-order chi connectivity index (χ1) is 11.6. The topological polar surface area (TPSA) is 40.1 Å². The van der Waals surface area contributed by atoms with Gasteiger partial charge in [-0.05, 0) is 51.0 Å². The van der Waals surface area contributed by atoms with Crippen LogP contribution in [0.15, 0.2) is 4.99 Å². The van der Waals surface area contributed by atoms with E-state index in [4.69, 9.17) is 9.73 Å². The molecular formula is C19H38N4O. The maximum Gasteiger partial charge on any atom is 0.193 e. The zero-order chi connectivity index (χ0) is 17.4. The van der Waals surface area contributed by atoms with Gasteiger partial charge in [0.05, 0.1) is 13.2 Å². The van der Waals surface area contributed by atoms with Gasteiger partial charge in [-0.3, -0.25) is 9.89 Å². The van der Waals surface area contributed by atoms with E-state index in [1.807, 2.05) is 0 Å². The number of guanidine groups is 1. The molecule has 1 N–H and O–H groups in total. The monoisotopic (exact) mass is 338 g/mol. The maximum atomic E-state index is 5.24. The molecule has 24 heavy (non-hydrogen) atoms. The van der Waals surface area contributed by atoms with Crippen molar-refractivity contribution in [2.45, 2.75) is 52.5 Å². The van der Waals surface area contributed by atoms with E-state index < -0.39 is 0 Å². The molecular weight excluding hydrogens is 300 g/mol. The molecule has 0 saturated carbocycles. The number of likely N-dealkylation sites (tertiary alicyclic amines) is 2. The highest BCUT2D eigenvalue weighted by Gasteiger charge is 2.27. The summed E-state index contributed by atoms with van der Waals surface area (Å²) in [4.78, 5) is 10.0. The summed E-state index contributed by atoms with van der Waals surface area (Å²) >= 11 is 0. The normalized spacial score (nSPS) is 25.9. The van der Waals surface area contributed by atoms with Crippen molar-refractivity contribution in [3.05, 3.63) is 0 Å². The minimum atomic E-state index is 0.586. The highest BCUT2D eigenvalue weighted by atomic mass is 16.5. The van der Waals surface area contributed by atoms with Crippen molar-refractivity contribution >= 4 is 5.96 Å². The highest BCUT2D eigenvalue weighted by Crippen LogP contribution is 2.23. The second-order valence-corrected chi connectivity index (χ2v) is 7.75. The van der Waals surface area contributed by atoms with Crippen LogP contribution in [-0.2, 0) is 4.74 Å². The molecule has 2 atom stereocenters. The van der Waals surface area contributed by atoms with Crippen molar-refractivity contribution in [3.8, 4) is 0 Å². The SMILES string of the molecule is CCNC(=NCC1CCCN1CCOC)N1CCC(CC(C)C)C1. The first-order valence-electron chi connectivity index (χ1n) is 9.90. The molecule has 2 heterocycles. The predicted molar refractivity (Wildman–Crippen MR) is 102 cm³/mol. The summed E-state index contributed by atoms with van der Waals surface area (Å²) in [6.07, 6.45) is 5.21. The van der Waals surface area contributed by atoms with Gasteiger partial charge < -0.3 is 15.0 Å². The lowest BCUT2D eigenvalue weighted by molar-refractivity contribution is 0.142. The lowest BCUT2D eigenvalue weighted by Crippen LogP contribution is -2.41. The second-order valence-electron chi connectivity index (χ2n) is 7.75. The Bertz CT molecular complexity index is 386. The summed E-state index contributed by atoms with van der Waals surface area (Å²) in [5, 5.41) is 3.51. The molecule has 0 aromatic carbocycles. The lowest BCUT2D eigenvalue weighted by atomic mass is 9.97. The van der Waals surface area contributed by atoms with Crippen molar-refractivity contribution < 1.29 is 4.74 Å². The van der Waals surface area contributed by atoms with Crippen molar-refractivity contribution in [2.24, 2.45) is 16.8 Å². The number of rotatable bonds is 8. The third-order valence-electron chi connectivity index (χ3n) is 5.26. The molecule has 2 fully saturated rings. The average molecular weight is 339 g/mol. The minimum Gasteiger partial charge on any atom is -0.383 e. The number of ether oxygens (including phenoxy) is 1. The molecule has 0 aromatic heterocycles. The summed E-state index contributed by atoms with van der Waals surface area (Å²) in [6, 6.07) is 0.586. The van der Waals surface area contributed by atoms with Gasteiger partial charge in [-0.15, -0.1) is 0 Å². The van der Waals surface area contributed by atoms with E-state index in [2.05, 4.69) is 35.9 Å². The second kappa shape index (κ2) is 10.2. The Morgan fingerprint density at radius 1 is 1.29 bits per heavy atom. The molecule has 2 saturated heterocycles. The number of hydrogen-bond acceptors (Lipinski definition) is 3. The predicted octanol–water partition coefficient (Wildman–Crippen LogP) is 2.43. The Balaban J connectivity index is 1.88. The third kappa shape index (κ3) is 5.92. The lowest BCUT2D eigenvalue weighted by Gasteiger charge is -2.25. The number of methoxy groups -OCH3 is 1. The van der Waals surface area contributed by atoms with E-state index in [1.54, 1.807) is 7.11 Å². The number of hydrogen-bond donors (Lipinski definition) is 1. The first-order valence-corrected chi connectivity index (χ1v) is 9.90. The van der Waals surface area contributed by atoms with Crippen LogP contribution in [0.25, 0.3) is 0 Å². The zero-order valence-electron chi connectivity index (χ0n) is 16.3. The molecule has 2 rings (SSSR count). The Morgan fingerprint density at radius 3 is 2.83 bits per heavy atom. The molecule has 0 bridgehead atoms. The zero-order valence-corrected chi connectivity index (χ0v) is 16.3. The van der Waals surface area contributed by atoms with Crippen LogP contribution in [0, 0.1) is 11.8 Å². The van der Waals surface area contributed by atoms with Gasteiger partial charge in [0.15, 0.2) is 5.96 Å². The Morgan fingerprint density at radius 2 is 2.12 bits per heavy atom. The molecule has 0 amide bonds. The van der Waals surface area contributed by atoms with E-state index in [1.165, 1.54) is 38.8 Å². The van der Waals surface area contributed by atoms with E-state index in [-0.39, 0.29) is 0 Å². The van der Waals surface area contributed by atoms with Crippen molar-refractivity contribution in [1.29, 1.82) is 0 Å². The molecule has 2 unspecified atom stereocenters. The fraction of sp³-hybridized carbons (Fsp3) is 0.947. The molecule has 0 aromatic rings. The highest BCUT2D eigenvalue weighted by molar-refractivity contribution is 5.80. The Hall–Kier alpha value is -0.810. The van der Waals surface area contributed by atoms with Gasteiger partial charge in [-0.2, -0.15) is 0 Å². The smallest absolute Gasteiger partial charge is 0.193 e. The van der Waals surface area contributed by atoms with Gasteiger partial charge in [-0.25, -0.2) is 0 Å². The van der Waals surface area contributed by atoms with Gasteiger partial charge in [-0.1, -0.05) is 13.8 Å². The largest absolute Gasteiger partial charge is 0.383 e. The van der Waals surface area contributed by atoms with E-state index in [9.17, 15) is 0 Å². The number of nitrogens with one attached hydrogen (secondary N) is 1. The summed E-state index contributed by atoms with van der Waals surface area (Å²) in [7, 11) is 1.79. The van der Waals surface area contributed by atoms with Crippen LogP contribution in [0.4, 0.5) is 0 Å². The van der Waals surface area contributed by atoms with Crippen LogP contribution < -0.4 is 5.32 Å².